The van der Waals surface area contributed by atoms with E-state index in [0.29, 0.717) is 0 Å². The number of hydrogen-bond acceptors (Lipinski definition) is 0. The first kappa shape index (κ1) is 20.6. The van der Waals surface area contributed by atoms with Crippen molar-refractivity contribution in [3.8, 4) is 0 Å². The van der Waals surface area contributed by atoms with E-state index in [9.17, 15) is 16.9 Å². The van der Waals surface area contributed by atoms with E-state index >= 15 is 0 Å². The van der Waals surface area contributed by atoms with Crippen molar-refractivity contribution in [2.24, 2.45) is 0 Å². The number of benzene rings is 1. The van der Waals surface area contributed by atoms with Crippen molar-refractivity contribution in [3.05, 3.63) is 58.1 Å². The second kappa shape index (κ2) is 6.80. The largest absolute Gasteiger partial charge is 1.00 e. The first-order valence-corrected chi connectivity index (χ1v) is 12.1. The quantitative estimate of drug-likeness (QED) is 0.330. The molecule has 0 aliphatic heterocycles. The summed E-state index contributed by atoms with van der Waals surface area (Å²) < 4.78 is 60.8. The summed E-state index contributed by atoms with van der Waals surface area (Å²) >= 11 is -7.51. The summed E-state index contributed by atoms with van der Waals surface area (Å²) in [5, 5.41) is 0. The zero-order chi connectivity index (χ0) is 16.8. The molecule has 0 radical (unpaired) electrons. The van der Waals surface area contributed by atoms with Gasteiger partial charge in [-0.25, -0.2) is 0 Å². The molecule has 0 aromatic heterocycles. The topological polar surface area (TPSA) is 0 Å². The van der Waals surface area contributed by atoms with Crippen LogP contribution in [0, 0.1) is 13.8 Å². The average Bonchev–Trinajstić information content (AvgIpc) is 2.70. The van der Waals surface area contributed by atoms with E-state index in [1.165, 1.54) is 15.6 Å². The monoisotopic (exact) mass is 463 g/mol. The minimum Gasteiger partial charge on any atom is 1.00 e. The van der Waals surface area contributed by atoms with E-state index in [4.69, 9.17) is 0 Å². The number of halogens is 6. The number of aryl methyl sites for hydroxylation is 2. The summed E-state index contributed by atoms with van der Waals surface area (Å²) in [6, 6.07) is 8.36. The first-order valence-electron chi connectivity index (χ1n) is 5.74. The van der Waals surface area contributed by atoms with Gasteiger partial charge in [0.25, 0.3) is 0 Å². The van der Waals surface area contributed by atoms with Crippen LogP contribution < -0.4 is 0 Å². The Morgan fingerprint density at radius 3 is 1.48 bits per heavy atom. The van der Waals surface area contributed by atoms with E-state index in [1.807, 2.05) is 12.2 Å². The molecule has 0 unspecified atom stereocenters. The number of rotatable bonds is 0. The maximum absolute atomic E-state index is 11.2. The van der Waals surface area contributed by atoms with Crippen LogP contribution in [0.4, 0.5) is 16.9 Å². The molecular formula is C13H16F6FeSb. The molecule has 0 nitrogen and oxygen atoms in total. The van der Waals surface area contributed by atoms with Gasteiger partial charge in [0.1, 0.15) is 0 Å². The molecular weight excluding hydrogens is 448 g/mol. The summed E-state index contributed by atoms with van der Waals surface area (Å²) in [7, 11) is 0. The summed E-state index contributed by atoms with van der Waals surface area (Å²) in [6.07, 6.45) is 7.21. The van der Waals surface area contributed by atoms with E-state index in [1.54, 1.807) is 0 Å². The molecule has 0 amide bonds. The van der Waals surface area contributed by atoms with Gasteiger partial charge in [-0.3, -0.25) is 0 Å². The van der Waals surface area contributed by atoms with Crippen molar-refractivity contribution < 1.29 is 34.3 Å². The zero-order valence-corrected chi connectivity index (χ0v) is 15.0. The SMILES string of the molecule is Cc1ccccc1C.[F][Sb-]([F])([F])([F])([F])[F].[Fe][C]1=CC=CC1.[H+]. The van der Waals surface area contributed by atoms with Gasteiger partial charge in [0.15, 0.2) is 0 Å². The van der Waals surface area contributed by atoms with Crippen LogP contribution in [0.15, 0.2) is 47.0 Å². The number of hydrogen-bond donors (Lipinski definition) is 0. The van der Waals surface area contributed by atoms with Crippen LogP contribution in [-0.2, 0) is 16.0 Å². The molecule has 1 aromatic rings. The Labute approximate surface area is 132 Å². The van der Waals surface area contributed by atoms with Gasteiger partial charge in [0.05, 0.1) is 0 Å². The predicted octanol–water partition coefficient (Wildman–Crippen LogP) is 5.93. The third kappa shape index (κ3) is 19.6. The Kier molecular flexibility index (Phi) is 6.68. The summed E-state index contributed by atoms with van der Waals surface area (Å²) in [5.41, 5.74) is 2.74. The molecule has 2 rings (SSSR count). The van der Waals surface area contributed by atoms with Crippen LogP contribution in [0.25, 0.3) is 0 Å². The minimum atomic E-state index is -11.2. The second-order valence-electron chi connectivity index (χ2n) is 4.27. The molecule has 0 saturated carbocycles. The number of allylic oxidation sites excluding steroid dienone is 4. The smallest absolute Gasteiger partial charge is 1.00 e. The van der Waals surface area contributed by atoms with Gasteiger partial charge in [-0.2, -0.15) is 0 Å². The second-order valence-corrected chi connectivity index (χ2v) is 10.5. The van der Waals surface area contributed by atoms with Crippen LogP contribution in [-0.4, -0.2) is 19.5 Å². The van der Waals surface area contributed by atoms with Crippen LogP contribution in [0.5, 0.6) is 0 Å². The Hall–Kier alpha value is -0.382. The molecule has 0 N–H and O–H groups in total. The standard InChI is InChI=1S/C8H10.C5H5.6FH.Fe.Sb/c1-7-5-3-4-6-8(7)2;1-2-4-5-3-1;;;;;;;;/h3-6H,1-2H3;1-3H,4H2;6*1H;;/q;;;;;;;;;+5/p-5. The molecule has 0 saturated heterocycles. The molecule has 21 heavy (non-hydrogen) atoms. The predicted molar refractivity (Wildman–Crippen MR) is 71.3 cm³/mol. The van der Waals surface area contributed by atoms with Crippen molar-refractivity contribution in [3.63, 3.8) is 0 Å². The van der Waals surface area contributed by atoms with Gasteiger partial charge in [0, 0.05) is 0 Å². The van der Waals surface area contributed by atoms with Gasteiger partial charge >= 0.3 is 82.9 Å². The van der Waals surface area contributed by atoms with E-state index in [0.717, 1.165) is 6.42 Å². The summed E-state index contributed by atoms with van der Waals surface area (Å²) in [6.45, 7) is 4.24. The Morgan fingerprint density at radius 1 is 0.952 bits per heavy atom. The molecule has 8 heteroatoms. The molecule has 0 fully saturated rings. The average molecular weight is 464 g/mol. The summed E-state index contributed by atoms with van der Waals surface area (Å²) in [5.74, 6) is 0. The van der Waals surface area contributed by atoms with E-state index < -0.39 is 19.5 Å². The molecule has 1 aromatic carbocycles. The van der Waals surface area contributed by atoms with Crippen molar-refractivity contribution in [1.29, 1.82) is 0 Å². The molecule has 0 bridgehead atoms. The van der Waals surface area contributed by atoms with Gasteiger partial charge in [-0.1, -0.05) is 24.3 Å². The zero-order valence-electron chi connectivity index (χ0n) is 12.3. The fourth-order valence-corrected chi connectivity index (χ4v) is 1.31. The molecule has 123 valence electrons. The third-order valence-corrected chi connectivity index (χ3v) is 2.55. The van der Waals surface area contributed by atoms with Crippen molar-refractivity contribution >= 4 is 19.5 Å². The van der Waals surface area contributed by atoms with Crippen LogP contribution in [0.3, 0.4) is 0 Å². The van der Waals surface area contributed by atoms with E-state index in [-0.39, 0.29) is 1.43 Å². The van der Waals surface area contributed by atoms with Gasteiger partial charge in [-0.15, -0.1) is 0 Å². The molecule has 1 aliphatic rings. The van der Waals surface area contributed by atoms with Gasteiger partial charge in [0.2, 0.25) is 0 Å². The molecule has 0 spiro atoms. The molecule has 0 heterocycles. The fourth-order valence-electron chi connectivity index (χ4n) is 1.08. The first-order chi connectivity index (χ1) is 9.15. The molecule has 1 aliphatic carbocycles. The van der Waals surface area contributed by atoms with E-state index in [2.05, 4.69) is 60.2 Å². The Balaban J connectivity index is 0. The maximum Gasteiger partial charge on any atom is 1.00 e. The van der Waals surface area contributed by atoms with Crippen molar-refractivity contribution in [2.75, 3.05) is 0 Å². The van der Waals surface area contributed by atoms with Crippen LogP contribution in [0.2, 0.25) is 0 Å². The fraction of sp³-hybridized carbons (Fsp3) is 0.231. The minimum absolute atomic E-state index is 0. The van der Waals surface area contributed by atoms with Gasteiger partial charge in [-0.05, 0) is 25.0 Å². The maximum atomic E-state index is 9.93. The normalized spacial score (nSPS) is 16.5. The third-order valence-electron chi connectivity index (χ3n) is 2.14. The molecule has 0 atom stereocenters. The Morgan fingerprint density at radius 2 is 1.33 bits per heavy atom. The van der Waals surface area contributed by atoms with Crippen LogP contribution >= 0.6 is 0 Å². The summed E-state index contributed by atoms with van der Waals surface area (Å²) in [4.78, 5) is 0. The van der Waals surface area contributed by atoms with Gasteiger partial charge < -0.3 is 0 Å². The Bertz CT molecular complexity index is 504. The van der Waals surface area contributed by atoms with Crippen LogP contribution in [0.1, 0.15) is 19.0 Å². The van der Waals surface area contributed by atoms with Crippen molar-refractivity contribution in [2.45, 2.75) is 20.3 Å². The van der Waals surface area contributed by atoms with Crippen molar-refractivity contribution in [1.82, 2.24) is 0 Å².